The van der Waals surface area contributed by atoms with E-state index >= 15 is 8.78 Å². The van der Waals surface area contributed by atoms with E-state index in [1.807, 2.05) is 4.72 Å². The van der Waals surface area contributed by atoms with Crippen LogP contribution in [0.2, 0.25) is 0 Å². The lowest BCUT2D eigenvalue weighted by Crippen LogP contribution is -2.39. The third-order valence-corrected chi connectivity index (χ3v) is 8.62. The number of piperidine rings is 1. The third kappa shape index (κ3) is 5.43. The van der Waals surface area contributed by atoms with E-state index in [-0.39, 0.29) is 23.9 Å². The second kappa shape index (κ2) is 10.2. The Hall–Kier alpha value is -3.65. The molecular weight excluding hydrogens is 566 g/mol. The number of nitrogens with one attached hydrogen (secondary N) is 1. The summed E-state index contributed by atoms with van der Waals surface area (Å²) < 4.78 is 113. The van der Waals surface area contributed by atoms with Crippen molar-refractivity contribution in [2.75, 3.05) is 22.7 Å². The van der Waals surface area contributed by atoms with E-state index in [0.717, 1.165) is 29.5 Å². The molecule has 0 unspecified atom stereocenters. The minimum atomic E-state index is -4.82. The number of sulfonamides is 1. The molecule has 2 aromatic heterocycles. The molecule has 204 valence electrons. The van der Waals surface area contributed by atoms with Crippen LogP contribution in [0.25, 0.3) is 21.7 Å². The van der Waals surface area contributed by atoms with Gasteiger partial charge < -0.3 is 4.90 Å². The Labute approximate surface area is 223 Å². The highest BCUT2D eigenvalue weighted by Gasteiger charge is 2.36. The van der Waals surface area contributed by atoms with Gasteiger partial charge in [-0.25, -0.2) is 39.7 Å². The van der Waals surface area contributed by atoms with Crippen molar-refractivity contribution in [3.63, 3.8) is 0 Å². The predicted molar refractivity (Wildman–Crippen MR) is 134 cm³/mol. The van der Waals surface area contributed by atoms with Crippen molar-refractivity contribution in [1.82, 2.24) is 9.97 Å². The fraction of sp³-hybridized carbons (Fsp3) is 0.200. The van der Waals surface area contributed by atoms with Crippen LogP contribution in [0.5, 0.6) is 0 Å². The zero-order valence-corrected chi connectivity index (χ0v) is 21.4. The van der Waals surface area contributed by atoms with E-state index in [4.69, 9.17) is 0 Å². The molecule has 1 aliphatic rings. The number of thiazole rings is 1. The number of hydrogen-bond donors (Lipinski definition) is 1. The minimum absolute atomic E-state index is 0.0280. The second-order valence-corrected chi connectivity index (χ2v) is 11.3. The molecule has 0 radical (unpaired) electrons. The lowest BCUT2D eigenvalue weighted by molar-refractivity contribution is -0.0220. The number of pyridine rings is 1. The topological polar surface area (TPSA) is 75.2 Å². The molecule has 1 N–H and O–H groups in total. The Kier molecular flexibility index (Phi) is 7.01. The number of nitrogens with zero attached hydrogens (tertiary/aromatic N) is 3. The molecule has 14 heteroatoms. The Balaban J connectivity index is 1.60. The minimum Gasteiger partial charge on any atom is -0.348 e. The number of halogens is 6. The van der Waals surface area contributed by atoms with Crippen molar-refractivity contribution in [2.45, 2.75) is 23.7 Å². The van der Waals surface area contributed by atoms with E-state index in [9.17, 15) is 26.0 Å². The van der Waals surface area contributed by atoms with Crippen LogP contribution >= 0.6 is 11.3 Å². The molecule has 0 amide bonds. The molecule has 3 heterocycles. The first-order valence-corrected chi connectivity index (χ1v) is 13.8. The molecule has 39 heavy (non-hydrogen) atoms. The molecule has 1 fully saturated rings. The van der Waals surface area contributed by atoms with Crippen molar-refractivity contribution in [3.8, 4) is 21.7 Å². The van der Waals surface area contributed by atoms with Crippen LogP contribution < -0.4 is 9.62 Å². The Morgan fingerprint density at radius 3 is 2.28 bits per heavy atom. The van der Waals surface area contributed by atoms with Gasteiger partial charge >= 0.3 is 0 Å². The van der Waals surface area contributed by atoms with Crippen molar-refractivity contribution in [3.05, 3.63) is 78.1 Å². The summed E-state index contributed by atoms with van der Waals surface area (Å²) in [5.41, 5.74) is -1.13. The van der Waals surface area contributed by atoms with Gasteiger partial charge in [0, 0.05) is 38.3 Å². The maximum atomic E-state index is 15.8. The number of rotatable bonds is 6. The van der Waals surface area contributed by atoms with Crippen molar-refractivity contribution >= 4 is 32.2 Å². The molecule has 4 aromatic rings. The van der Waals surface area contributed by atoms with Gasteiger partial charge in [0.25, 0.3) is 15.9 Å². The average Bonchev–Trinajstić information content (AvgIpc) is 3.32. The van der Waals surface area contributed by atoms with Gasteiger partial charge in [-0.15, -0.1) is 0 Å². The van der Waals surface area contributed by atoms with Crippen LogP contribution in [0.4, 0.5) is 37.2 Å². The fourth-order valence-corrected chi connectivity index (χ4v) is 6.35. The average molecular weight is 585 g/mol. The summed E-state index contributed by atoms with van der Waals surface area (Å²) in [5.74, 6) is -7.57. The largest absolute Gasteiger partial charge is 0.348 e. The molecule has 0 spiro atoms. The monoisotopic (exact) mass is 584 g/mol. The van der Waals surface area contributed by atoms with Crippen LogP contribution in [-0.4, -0.2) is 37.4 Å². The molecule has 5 rings (SSSR count). The number of alkyl halides is 2. The van der Waals surface area contributed by atoms with E-state index in [1.165, 1.54) is 12.4 Å². The number of aromatic nitrogens is 2. The van der Waals surface area contributed by atoms with Crippen LogP contribution in [-0.2, 0) is 10.0 Å². The lowest BCUT2D eigenvalue weighted by atomic mass is 10.1. The lowest BCUT2D eigenvalue weighted by Gasteiger charge is -2.31. The van der Waals surface area contributed by atoms with Crippen LogP contribution in [0.3, 0.4) is 0 Å². The first-order valence-electron chi connectivity index (χ1n) is 11.5. The third-order valence-electron chi connectivity index (χ3n) is 6.08. The van der Waals surface area contributed by atoms with Gasteiger partial charge in [-0.2, -0.15) is 0 Å². The number of hydrogen-bond acceptors (Lipinski definition) is 6. The highest BCUT2D eigenvalue weighted by atomic mass is 32.2. The zero-order chi connectivity index (χ0) is 27.9. The van der Waals surface area contributed by atoms with Gasteiger partial charge in [0.15, 0.2) is 10.9 Å². The first-order chi connectivity index (χ1) is 18.4. The molecule has 0 atom stereocenters. The van der Waals surface area contributed by atoms with Crippen molar-refractivity contribution in [1.29, 1.82) is 0 Å². The smallest absolute Gasteiger partial charge is 0.265 e. The van der Waals surface area contributed by atoms with Gasteiger partial charge in [0.2, 0.25) is 0 Å². The summed E-state index contributed by atoms with van der Waals surface area (Å²) in [6.45, 7) is -0.0561. The standard InChI is InChI=1S/C25H18F6N4O2S2/c26-15-1-2-16(27)19(13-15)39(36,37)34-18-4-3-17(28)20(21(18)29)22-23(14-5-9-32-10-6-14)38-24(33-22)35-11-7-25(30,31)8-12-35/h1-6,9-10,13,34H,7-8,11-12H2. The Morgan fingerprint density at radius 1 is 0.923 bits per heavy atom. The van der Waals surface area contributed by atoms with E-state index < -0.39 is 68.2 Å². The van der Waals surface area contributed by atoms with Gasteiger partial charge in [0.1, 0.15) is 22.3 Å². The van der Waals surface area contributed by atoms with E-state index in [2.05, 4.69) is 9.97 Å². The van der Waals surface area contributed by atoms with Gasteiger partial charge in [-0.05, 0) is 48.0 Å². The summed E-state index contributed by atoms with van der Waals surface area (Å²) >= 11 is 1.03. The predicted octanol–water partition coefficient (Wildman–Crippen LogP) is 6.46. The van der Waals surface area contributed by atoms with Crippen molar-refractivity contribution < 1.29 is 34.8 Å². The molecule has 6 nitrogen and oxygen atoms in total. The fourth-order valence-electron chi connectivity index (χ4n) is 4.07. The molecular formula is C25H18F6N4O2S2. The summed E-state index contributed by atoms with van der Waals surface area (Å²) in [4.78, 5) is 9.12. The molecule has 1 saturated heterocycles. The van der Waals surface area contributed by atoms with Gasteiger partial charge in [0.05, 0.1) is 21.8 Å². The number of benzene rings is 2. The summed E-state index contributed by atoms with van der Waals surface area (Å²) in [6.07, 6.45) is 2.07. The summed E-state index contributed by atoms with van der Waals surface area (Å²) in [6, 6.07) is 6.49. The first kappa shape index (κ1) is 26.9. The normalized spacial score (nSPS) is 15.4. The highest BCUT2D eigenvalue weighted by Crippen LogP contribution is 2.44. The highest BCUT2D eigenvalue weighted by molar-refractivity contribution is 7.92. The molecule has 0 aliphatic carbocycles. The molecule has 0 bridgehead atoms. The zero-order valence-electron chi connectivity index (χ0n) is 19.8. The van der Waals surface area contributed by atoms with E-state index in [1.54, 1.807) is 17.0 Å². The molecule has 0 saturated carbocycles. The summed E-state index contributed by atoms with van der Waals surface area (Å²) in [5, 5.41) is 0.249. The SMILES string of the molecule is O=S(=O)(Nc1ccc(F)c(-c2nc(N3CCC(F)(F)CC3)sc2-c2ccncc2)c1F)c1cc(F)ccc1F. The van der Waals surface area contributed by atoms with Crippen molar-refractivity contribution in [2.24, 2.45) is 0 Å². The van der Waals surface area contributed by atoms with E-state index in [0.29, 0.717) is 22.6 Å². The quantitative estimate of drug-likeness (QED) is 0.263. The summed E-state index contributed by atoms with van der Waals surface area (Å²) in [7, 11) is -4.82. The Morgan fingerprint density at radius 2 is 1.59 bits per heavy atom. The maximum absolute atomic E-state index is 15.8. The van der Waals surface area contributed by atoms with Crippen LogP contribution in [0.1, 0.15) is 12.8 Å². The molecule has 2 aromatic carbocycles. The second-order valence-electron chi connectivity index (χ2n) is 8.72. The van der Waals surface area contributed by atoms with Gasteiger partial charge in [-0.1, -0.05) is 11.3 Å². The Bertz CT molecular complexity index is 1640. The molecule has 1 aliphatic heterocycles. The van der Waals surface area contributed by atoms with Gasteiger partial charge in [-0.3, -0.25) is 9.71 Å². The number of anilines is 2. The van der Waals surface area contributed by atoms with Crippen LogP contribution in [0, 0.1) is 23.3 Å². The van der Waals surface area contributed by atoms with Crippen LogP contribution in [0.15, 0.2) is 59.8 Å². The maximum Gasteiger partial charge on any atom is 0.265 e.